The van der Waals surface area contributed by atoms with E-state index in [0.29, 0.717) is 5.75 Å². The molecule has 4 nitrogen and oxygen atoms in total. The molecule has 1 aromatic rings. The number of thioether (sulfide) groups is 1. The Morgan fingerprint density at radius 1 is 1.41 bits per heavy atom. The summed E-state index contributed by atoms with van der Waals surface area (Å²) in [5, 5.41) is -0.262. The van der Waals surface area contributed by atoms with Gasteiger partial charge in [-0.15, -0.1) is 0 Å². The summed E-state index contributed by atoms with van der Waals surface area (Å²) in [5.74, 6) is 0.478. The molecule has 0 N–H and O–H groups in total. The Morgan fingerprint density at radius 3 is 2.59 bits per heavy atom. The van der Waals surface area contributed by atoms with Crippen LogP contribution < -0.4 is 0 Å². The van der Waals surface area contributed by atoms with Crippen LogP contribution in [0.15, 0.2) is 17.0 Å². The number of sulfone groups is 1. The topological polar surface area (TPSA) is 64.1 Å². The molecule has 0 aliphatic rings. The second-order valence-corrected chi connectivity index (χ2v) is 6.98. The third kappa shape index (κ3) is 3.43. The molecule has 17 heavy (non-hydrogen) atoms. The standard InChI is InChI=1S/C10H12ClNO3S2/c1-3-16-10(13)9-7(17(14,15)4-2)5-6-8(11)12-9/h5-6H,3-4H2,1-2H3. The molecule has 0 bridgehead atoms. The molecule has 0 unspecified atom stereocenters. The maximum Gasteiger partial charge on any atom is 0.239 e. The van der Waals surface area contributed by atoms with Gasteiger partial charge in [-0.1, -0.05) is 37.2 Å². The zero-order chi connectivity index (χ0) is 13.1. The Bertz CT molecular complexity index is 528. The third-order valence-corrected chi connectivity index (χ3v) is 4.72. The van der Waals surface area contributed by atoms with Crippen molar-refractivity contribution in [1.82, 2.24) is 4.98 Å². The second-order valence-electron chi connectivity index (χ2n) is 3.10. The first-order valence-corrected chi connectivity index (χ1v) is 8.00. The van der Waals surface area contributed by atoms with Gasteiger partial charge >= 0.3 is 0 Å². The molecule has 0 saturated heterocycles. The Balaban J connectivity index is 3.37. The Kier molecular flexibility index (Phi) is 4.97. The molecule has 0 aromatic carbocycles. The molecule has 0 atom stereocenters. The molecular weight excluding hydrogens is 282 g/mol. The summed E-state index contributed by atoms with van der Waals surface area (Å²) >= 11 is 6.70. The minimum atomic E-state index is -3.46. The summed E-state index contributed by atoms with van der Waals surface area (Å²) in [4.78, 5) is 15.5. The number of carbonyl (C=O) groups excluding carboxylic acids is 1. The number of hydrogen-bond donors (Lipinski definition) is 0. The van der Waals surface area contributed by atoms with Gasteiger partial charge in [-0.05, 0) is 17.9 Å². The van der Waals surface area contributed by atoms with Crippen LogP contribution in [0.5, 0.6) is 0 Å². The first-order chi connectivity index (χ1) is 7.92. The largest absolute Gasteiger partial charge is 0.280 e. The van der Waals surface area contributed by atoms with Crippen LogP contribution in [0, 0.1) is 0 Å². The molecule has 1 heterocycles. The SMILES string of the molecule is CCSC(=O)c1nc(Cl)ccc1S(=O)(=O)CC. The molecule has 1 rings (SSSR count). The van der Waals surface area contributed by atoms with E-state index in [1.807, 2.05) is 0 Å². The van der Waals surface area contributed by atoms with Gasteiger partial charge < -0.3 is 0 Å². The summed E-state index contributed by atoms with van der Waals surface area (Å²) in [5.41, 5.74) is -0.0776. The fourth-order valence-corrected chi connectivity index (χ4v) is 2.96. The first kappa shape index (κ1) is 14.5. The lowest BCUT2D eigenvalue weighted by Gasteiger charge is -2.07. The zero-order valence-electron chi connectivity index (χ0n) is 9.44. The summed E-state index contributed by atoms with van der Waals surface area (Å²) in [6.07, 6.45) is 0. The number of carbonyl (C=O) groups is 1. The molecule has 0 saturated carbocycles. The average Bonchev–Trinajstić information content (AvgIpc) is 2.29. The zero-order valence-corrected chi connectivity index (χ0v) is 11.8. The van der Waals surface area contributed by atoms with Crippen LogP contribution in [0.4, 0.5) is 0 Å². The van der Waals surface area contributed by atoms with E-state index < -0.39 is 9.84 Å². The molecule has 0 amide bonds. The average molecular weight is 294 g/mol. The van der Waals surface area contributed by atoms with E-state index in [4.69, 9.17) is 11.6 Å². The minimum Gasteiger partial charge on any atom is -0.280 e. The highest BCUT2D eigenvalue weighted by atomic mass is 35.5. The van der Waals surface area contributed by atoms with Gasteiger partial charge in [-0.25, -0.2) is 13.4 Å². The van der Waals surface area contributed by atoms with Crippen LogP contribution >= 0.6 is 23.4 Å². The van der Waals surface area contributed by atoms with Crippen LogP contribution in [-0.4, -0.2) is 30.0 Å². The van der Waals surface area contributed by atoms with Crippen LogP contribution in [0.3, 0.4) is 0 Å². The summed E-state index contributed by atoms with van der Waals surface area (Å²) < 4.78 is 23.6. The van der Waals surface area contributed by atoms with Gasteiger partial charge in [0.2, 0.25) is 5.12 Å². The van der Waals surface area contributed by atoms with Gasteiger partial charge in [0.05, 0.1) is 10.6 Å². The Hall–Kier alpha value is -0.590. The van der Waals surface area contributed by atoms with Gasteiger partial charge in [0, 0.05) is 0 Å². The van der Waals surface area contributed by atoms with Crippen molar-refractivity contribution >= 4 is 38.3 Å². The van der Waals surface area contributed by atoms with E-state index in [1.54, 1.807) is 6.92 Å². The maximum atomic E-state index is 11.8. The number of rotatable bonds is 4. The van der Waals surface area contributed by atoms with E-state index >= 15 is 0 Å². The van der Waals surface area contributed by atoms with Crippen LogP contribution in [0.2, 0.25) is 5.15 Å². The van der Waals surface area contributed by atoms with Crippen molar-refractivity contribution in [3.63, 3.8) is 0 Å². The van der Waals surface area contributed by atoms with Crippen LogP contribution in [0.25, 0.3) is 0 Å². The van der Waals surface area contributed by atoms with Gasteiger partial charge in [-0.2, -0.15) is 0 Å². The highest BCUT2D eigenvalue weighted by molar-refractivity contribution is 8.14. The quantitative estimate of drug-likeness (QED) is 0.798. The summed E-state index contributed by atoms with van der Waals surface area (Å²) in [7, 11) is -3.46. The predicted octanol–water partition coefficient (Wildman–Crippen LogP) is 2.42. The van der Waals surface area contributed by atoms with E-state index in [2.05, 4.69) is 4.98 Å². The van der Waals surface area contributed by atoms with E-state index in [1.165, 1.54) is 19.1 Å². The monoisotopic (exact) mass is 293 g/mol. The lowest BCUT2D eigenvalue weighted by atomic mass is 10.4. The van der Waals surface area contributed by atoms with Crippen molar-refractivity contribution in [2.24, 2.45) is 0 Å². The van der Waals surface area contributed by atoms with Crippen molar-refractivity contribution in [3.05, 3.63) is 23.0 Å². The highest BCUT2D eigenvalue weighted by Crippen LogP contribution is 2.22. The van der Waals surface area contributed by atoms with Crippen molar-refractivity contribution in [3.8, 4) is 0 Å². The minimum absolute atomic E-state index is 0.0460. The lowest BCUT2D eigenvalue weighted by Crippen LogP contribution is -2.11. The highest BCUT2D eigenvalue weighted by Gasteiger charge is 2.22. The number of nitrogens with zero attached hydrogens (tertiary/aromatic N) is 1. The first-order valence-electron chi connectivity index (χ1n) is 4.98. The number of halogens is 1. The smallest absolute Gasteiger partial charge is 0.239 e. The van der Waals surface area contributed by atoms with Crippen molar-refractivity contribution in [2.75, 3.05) is 11.5 Å². The number of aromatic nitrogens is 1. The molecular formula is C10H12ClNO3S2. The van der Waals surface area contributed by atoms with Crippen molar-refractivity contribution in [1.29, 1.82) is 0 Å². The molecule has 0 fully saturated rings. The van der Waals surface area contributed by atoms with Gasteiger partial charge in [0.1, 0.15) is 10.8 Å². The summed E-state index contributed by atoms with van der Waals surface area (Å²) in [6, 6.07) is 2.70. The van der Waals surface area contributed by atoms with Gasteiger partial charge in [0.15, 0.2) is 9.84 Å². The van der Waals surface area contributed by atoms with Crippen LogP contribution in [-0.2, 0) is 9.84 Å². The Morgan fingerprint density at radius 2 is 2.06 bits per heavy atom. The summed E-state index contributed by atoms with van der Waals surface area (Å²) in [6.45, 7) is 3.33. The van der Waals surface area contributed by atoms with Gasteiger partial charge in [0.25, 0.3) is 0 Å². The molecule has 94 valence electrons. The van der Waals surface area contributed by atoms with E-state index in [9.17, 15) is 13.2 Å². The van der Waals surface area contributed by atoms with Crippen molar-refractivity contribution in [2.45, 2.75) is 18.7 Å². The lowest BCUT2D eigenvalue weighted by molar-refractivity contribution is 0.108. The number of pyridine rings is 1. The predicted molar refractivity (Wildman–Crippen MR) is 69.4 cm³/mol. The second kappa shape index (κ2) is 5.84. The Labute approximate surface area is 110 Å². The third-order valence-electron chi connectivity index (χ3n) is 2.01. The normalized spacial score (nSPS) is 11.5. The van der Waals surface area contributed by atoms with E-state index in [-0.39, 0.29) is 26.6 Å². The fourth-order valence-electron chi connectivity index (χ4n) is 1.17. The molecule has 7 heteroatoms. The maximum absolute atomic E-state index is 11.8. The molecule has 0 radical (unpaired) electrons. The fraction of sp³-hybridized carbons (Fsp3) is 0.400. The number of hydrogen-bond acceptors (Lipinski definition) is 5. The van der Waals surface area contributed by atoms with Crippen LogP contribution in [0.1, 0.15) is 24.3 Å². The molecule has 0 aliphatic heterocycles. The van der Waals surface area contributed by atoms with Crippen molar-refractivity contribution < 1.29 is 13.2 Å². The molecule has 0 aliphatic carbocycles. The van der Waals surface area contributed by atoms with Gasteiger partial charge in [-0.3, -0.25) is 4.79 Å². The van der Waals surface area contributed by atoms with E-state index in [0.717, 1.165) is 11.8 Å². The molecule has 1 aromatic heterocycles. The molecule has 0 spiro atoms.